The first-order valence-corrected chi connectivity index (χ1v) is 8.73. The molecule has 0 aromatic heterocycles. The fourth-order valence-corrected chi connectivity index (χ4v) is 2.89. The van der Waals surface area contributed by atoms with E-state index in [0.29, 0.717) is 24.8 Å². The molecule has 1 saturated heterocycles. The third-order valence-electron chi connectivity index (χ3n) is 4.10. The van der Waals surface area contributed by atoms with Gasteiger partial charge >= 0.3 is 6.61 Å². The van der Waals surface area contributed by atoms with Crippen LogP contribution in [-0.4, -0.2) is 57.9 Å². The molecule has 0 spiro atoms. The zero-order valence-corrected chi connectivity index (χ0v) is 18.2. The zero-order valence-electron chi connectivity index (χ0n) is 15.9. The molecule has 0 aliphatic carbocycles. The Labute approximate surface area is 176 Å². The summed E-state index contributed by atoms with van der Waals surface area (Å²) in [6.45, 7) is 2.23. The Morgan fingerprint density at radius 3 is 2.78 bits per heavy atom. The van der Waals surface area contributed by atoms with Crippen LogP contribution in [0.15, 0.2) is 23.2 Å². The van der Waals surface area contributed by atoms with Crippen molar-refractivity contribution in [3.8, 4) is 11.5 Å². The van der Waals surface area contributed by atoms with Crippen LogP contribution < -0.4 is 14.8 Å². The second kappa shape index (κ2) is 12.2. The van der Waals surface area contributed by atoms with E-state index >= 15 is 0 Å². The lowest BCUT2D eigenvalue weighted by Gasteiger charge is -2.24. The fourth-order valence-electron chi connectivity index (χ4n) is 2.89. The number of halogens is 3. The van der Waals surface area contributed by atoms with Crippen LogP contribution in [0, 0.1) is 5.92 Å². The van der Waals surface area contributed by atoms with Crippen molar-refractivity contribution in [3.05, 3.63) is 23.8 Å². The summed E-state index contributed by atoms with van der Waals surface area (Å²) in [7, 11) is 3.72. The van der Waals surface area contributed by atoms with Crippen LogP contribution in [0.5, 0.6) is 11.5 Å². The molecule has 0 saturated carbocycles. The van der Waals surface area contributed by atoms with E-state index in [-0.39, 0.29) is 29.7 Å². The Balaban J connectivity index is 0.00000364. The standard InChI is InChI=1S/C18H27F2N3O3.HI/c1-4-25-16-9-13(5-6-15(16)26-17(19)20)10-22-18(21-2)23(3)11-14-7-8-24-12-14;/h5-6,9,14,17H,4,7-8,10-12H2,1-3H3,(H,21,22);1H. The quantitative estimate of drug-likeness (QED) is 0.338. The molecule has 27 heavy (non-hydrogen) atoms. The van der Waals surface area contributed by atoms with Crippen LogP contribution in [0.2, 0.25) is 0 Å². The molecular weight excluding hydrogens is 471 g/mol. The summed E-state index contributed by atoms with van der Waals surface area (Å²) in [6.07, 6.45) is 1.06. The molecule has 1 aliphatic rings. The number of hydrogen-bond acceptors (Lipinski definition) is 4. The Morgan fingerprint density at radius 1 is 1.41 bits per heavy atom. The van der Waals surface area contributed by atoms with Crippen LogP contribution in [0.4, 0.5) is 8.78 Å². The summed E-state index contributed by atoms with van der Waals surface area (Å²) < 4.78 is 40.3. The number of alkyl halides is 2. The first kappa shape index (κ1) is 23.7. The molecule has 1 aromatic rings. The molecule has 1 aliphatic heterocycles. The number of rotatable bonds is 8. The molecule has 0 bridgehead atoms. The molecule has 1 fully saturated rings. The van der Waals surface area contributed by atoms with E-state index in [1.165, 1.54) is 6.07 Å². The summed E-state index contributed by atoms with van der Waals surface area (Å²) in [5, 5.41) is 3.28. The highest BCUT2D eigenvalue weighted by Gasteiger charge is 2.19. The van der Waals surface area contributed by atoms with Crippen molar-refractivity contribution in [2.75, 3.05) is 40.5 Å². The molecule has 0 amide bonds. The highest BCUT2D eigenvalue weighted by Crippen LogP contribution is 2.29. The van der Waals surface area contributed by atoms with Gasteiger partial charge in [-0.2, -0.15) is 8.78 Å². The maximum Gasteiger partial charge on any atom is 0.387 e. The molecule has 2 rings (SSSR count). The van der Waals surface area contributed by atoms with E-state index in [1.807, 2.05) is 7.05 Å². The maximum absolute atomic E-state index is 12.5. The molecule has 1 N–H and O–H groups in total. The van der Waals surface area contributed by atoms with Crippen molar-refractivity contribution in [1.82, 2.24) is 10.2 Å². The minimum absolute atomic E-state index is 0. The van der Waals surface area contributed by atoms with E-state index in [2.05, 4.69) is 19.9 Å². The van der Waals surface area contributed by atoms with Gasteiger partial charge in [0.25, 0.3) is 0 Å². The van der Waals surface area contributed by atoms with Crippen LogP contribution in [0.25, 0.3) is 0 Å². The van der Waals surface area contributed by atoms with Crippen molar-refractivity contribution in [2.45, 2.75) is 26.5 Å². The average Bonchev–Trinajstić information content (AvgIpc) is 3.10. The number of nitrogens with zero attached hydrogens (tertiary/aromatic N) is 2. The number of guanidine groups is 1. The van der Waals surface area contributed by atoms with Crippen molar-refractivity contribution in [3.63, 3.8) is 0 Å². The van der Waals surface area contributed by atoms with Gasteiger partial charge in [0.15, 0.2) is 17.5 Å². The van der Waals surface area contributed by atoms with Gasteiger partial charge in [-0.15, -0.1) is 24.0 Å². The van der Waals surface area contributed by atoms with Crippen molar-refractivity contribution in [2.24, 2.45) is 10.9 Å². The van der Waals surface area contributed by atoms with Gasteiger partial charge in [0.05, 0.1) is 13.2 Å². The van der Waals surface area contributed by atoms with Gasteiger partial charge in [-0.05, 0) is 31.0 Å². The molecular formula is C18H28F2IN3O3. The van der Waals surface area contributed by atoms with Crippen molar-refractivity contribution < 1.29 is 23.0 Å². The molecule has 1 atom stereocenters. The van der Waals surface area contributed by atoms with E-state index in [9.17, 15) is 8.78 Å². The summed E-state index contributed by atoms with van der Waals surface area (Å²) in [5.41, 5.74) is 0.883. The SMILES string of the molecule is CCOc1cc(CNC(=NC)N(C)CC2CCOC2)ccc1OC(F)F.I. The van der Waals surface area contributed by atoms with Crippen LogP contribution in [0.1, 0.15) is 18.9 Å². The summed E-state index contributed by atoms with van der Waals surface area (Å²) in [6, 6.07) is 4.92. The summed E-state index contributed by atoms with van der Waals surface area (Å²) in [5.74, 6) is 1.61. The third-order valence-corrected chi connectivity index (χ3v) is 4.10. The Bertz CT molecular complexity index is 599. The number of benzene rings is 1. The normalized spacial score (nSPS) is 16.8. The maximum atomic E-state index is 12.5. The molecule has 0 radical (unpaired) electrons. The van der Waals surface area contributed by atoms with E-state index < -0.39 is 6.61 Å². The lowest BCUT2D eigenvalue weighted by atomic mass is 10.1. The van der Waals surface area contributed by atoms with E-state index in [1.54, 1.807) is 26.1 Å². The monoisotopic (exact) mass is 499 g/mol. The molecule has 1 aromatic carbocycles. The highest BCUT2D eigenvalue weighted by atomic mass is 127. The molecule has 6 nitrogen and oxygen atoms in total. The van der Waals surface area contributed by atoms with Gasteiger partial charge in [-0.3, -0.25) is 4.99 Å². The third kappa shape index (κ3) is 7.65. The lowest BCUT2D eigenvalue weighted by molar-refractivity contribution is -0.0514. The second-order valence-corrected chi connectivity index (χ2v) is 6.10. The predicted octanol–water partition coefficient (Wildman–Crippen LogP) is 3.35. The summed E-state index contributed by atoms with van der Waals surface area (Å²) >= 11 is 0. The van der Waals surface area contributed by atoms with Gasteiger partial charge in [0, 0.05) is 39.7 Å². The largest absolute Gasteiger partial charge is 0.490 e. The average molecular weight is 499 g/mol. The second-order valence-electron chi connectivity index (χ2n) is 6.10. The minimum atomic E-state index is -2.88. The van der Waals surface area contributed by atoms with Gasteiger partial charge in [-0.25, -0.2) is 0 Å². The minimum Gasteiger partial charge on any atom is -0.490 e. The number of hydrogen-bond donors (Lipinski definition) is 1. The van der Waals surface area contributed by atoms with Gasteiger partial charge in [0.2, 0.25) is 0 Å². The number of ether oxygens (including phenoxy) is 3. The topological polar surface area (TPSA) is 55.3 Å². The lowest BCUT2D eigenvalue weighted by Crippen LogP contribution is -2.41. The molecule has 1 heterocycles. The molecule has 154 valence electrons. The van der Waals surface area contributed by atoms with Crippen molar-refractivity contribution >= 4 is 29.9 Å². The van der Waals surface area contributed by atoms with Crippen molar-refractivity contribution in [1.29, 1.82) is 0 Å². The van der Waals surface area contributed by atoms with E-state index in [4.69, 9.17) is 9.47 Å². The predicted molar refractivity (Wildman–Crippen MR) is 111 cm³/mol. The Hall–Kier alpha value is -1.36. The Kier molecular flexibility index (Phi) is 10.7. The van der Waals surface area contributed by atoms with Gasteiger partial charge < -0.3 is 24.4 Å². The van der Waals surface area contributed by atoms with E-state index in [0.717, 1.165) is 37.7 Å². The molecule has 1 unspecified atom stereocenters. The Morgan fingerprint density at radius 2 is 2.19 bits per heavy atom. The molecule has 9 heteroatoms. The number of aliphatic imine (C=N–C) groups is 1. The highest BCUT2D eigenvalue weighted by molar-refractivity contribution is 14.0. The van der Waals surface area contributed by atoms with Crippen LogP contribution in [0.3, 0.4) is 0 Å². The first-order chi connectivity index (χ1) is 12.5. The smallest absolute Gasteiger partial charge is 0.387 e. The fraction of sp³-hybridized carbons (Fsp3) is 0.611. The first-order valence-electron chi connectivity index (χ1n) is 8.73. The van der Waals surface area contributed by atoms with Crippen LogP contribution >= 0.6 is 24.0 Å². The van der Waals surface area contributed by atoms with Gasteiger partial charge in [-0.1, -0.05) is 6.07 Å². The summed E-state index contributed by atoms with van der Waals surface area (Å²) in [4.78, 5) is 6.36. The zero-order chi connectivity index (χ0) is 18.9. The van der Waals surface area contributed by atoms with Crippen LogP contribution in [-0.2, 0) is 11.3 Å². The van der Waals surface area contributed by atoms with Gasteiger partial charge in [0.1, 0.15) is 0 Å². The number of nitrogens with one attached hydrogen (secondary N) is 1.